The Balaban J connectivity index is 2.10. The summed E-state index contributed by atoms with van der Waals surface area (Å²) in [4.78, 5) is 20.7. The molecule has 2 aromatic carbocycles. The van der Waals surface area contributed by atoms with Crippen LogP contribution in [0, 0.1) is 5.82 Å². The lowest BCUT2D eigenvalue weighted by Gasteiger charge is -2.27. The number of halogens is 2. The van der Waals surface area contributed by atoms with Crippen LogP contribution in [0.5, 0.6) is 5.75 Å². The first-order valence-electron chi connectivity index (χ1n) is 9.88. The zero-order valence-corrected chi connectivity index (χ0v) is 18.8. The van der Waals surface area contributed by atoms with E-state index in [0.717, 1.165) is 0 Å². The van der Waals surface area contributed by atoms with Crippen LogP contribution in [0.15, 0.2) is 36.7 Å². The van der Waals surface area contributed by atoms with Gasteiger partial charge in [-0.15, -0.1) is 0 Å². The molecule has 1 atom stereocenters. The fourth-order valence-electron chi connectivity index (χ4n) is 3.14. The van der Waals surface area contributed by atoms with Crippen LogP contribution in [-0.4, -0.2) is 48.8 Å². The number of ether oxygens (including phenoxy) is 2. The highest BCUT2D eigenvalue weighted by atomic mass is 35.5. The maximum Gasteiger partial charge on any atom is 0.237 e. The van der Waals surface area contributed by atoms with Crippen LogP contribution in [-0.2, 0) is 16.0 Å². The number of nitrogens with one attached hydrogen (secondary N) is 2. The van der Waals surface area contributed by atoms with E-state index in [2.05, 4.69) is 20.6 Å². The molecule has 170 valence electrons. The second-order valence-corrected chi connectivity index (χ2v) is 7.80. The smallest absolute Gasteiger partial charge is 0.237 e. The van der Waals surface area contributed by atoms with E-state index in [1.54, 1.807) is 45.3 Å². The Morgan fingerprint density at radius 2 is 2.06 bits per heavy atom. The number of amides is 1. The highest BCUT2D eigenvalue weighted by Crippen LogP contribution is 2.33. The van der Waals surface area contributed by atoms with Crippen LogP contribution in [0.1, 0.15) is 12.5 Å². The van der Waals surface area contributed by atoms with Gasteiger partial charge in [-0.3, -0.25) is 4.79 Å². The third-order valence-electron chi connectivity index (χ3n) is 5.21. The summed E-state index contributed by atoms with van der Waals surface area (Å²) >= 11 is 5.90. The van der Waals surface area contributed by atoms with Gasteiger partial charge in [0.2, 0.25) is 5.91 Å². The molecule has 8 nitrogen and oxygen atoms in total. The summed E-state index contributed by atoms with van der Waals surface area (Å²) in [5.41, 5.74) is 6.06. The first-order valence-corrected chi connectivity index (χ1v) is 10.3. The summed E-state index contributed by atoms with van der Waals surface area (Å²) in [5, 5.41) is 6.56. The summed E-state index contributed by atoms with van der Waals surface area (Å²) in [6, 6.07) is 8.21. The predicted octanol–water partition coefficient (Wildman–Crippen LogP) is 3.20. The number of likely N-dealkylation sites (N-methyl/N-ethyl adjacent to an activating group) is 1. The SMILES string of the molecule is CN[C@@](C)(Cc1cc2c(Nc3cccc(Cl)c3F)ncnc2cc1OCCOC)C(N)=O. The minimum Gasteiger partial charge on any atom is -0.491 e. The third-order valence-corrected chi connectivity index (χ3v) is 5.50. The van der Waals surface area contributed by atoms with E-state index in [-0.39, 0.29) is 17.1 Å². The number of hydrogen-bond acceptors (Lipinski definition) is 7. The highest BCUT2D eigenvalue weighted by Gasteiger charge is 2.31. The second kappa shape index (κ2) is 10.1. The molecular formula is C22H25ClFN5O3. The molecule has 3 aromatic rings. The van der Waals surface area contributed by atoms with Crippen LogP contribution in [0.4, 0.5) is 15.9 Å². The van der Waals surface area contributed by atoms with Gasteiger partial charge in [0.1, 0.15) is 24.5 Å². The van der Waals surface area contributed by atoms with Crippen LogP contribution in [0.2, 0.25) is 5.02 Å². The molecule has 0 aliphatic carbocycles. The van der Waals surface area contributed by atoms with Crippen LogP contribution < -0.4 is 21.1 Å². The van der Waals surface area contributed by atoms with Crippen molar-refractivity contribution in [3.05, 3.63) is 53.1 Å². The molecule has 3 rings (SSSR count). The van der Waals surface area contributed by atoms with Gasteiger partial charge in [-0.25, -0.2) is 14.4 Å². The van der Waals surface area contributed by atoms with Crippen molar-refractivity contribution in [1.29, 1.82) is 0 Å². The van der Waals surface area contributed by atoms with Crippen molar-refractivity contribution in [3.63, 3.8) is 0 Å². The highest BCUT2D eigenvalue weighted by molar-refractivity contribution is 6.31. The van der Waals surface area contributed by atoms with Crippen molar-refractivity contribution >= 4 is 39.9 Å². The minimum absolute atomic E-state index is 0.00544. The van der Waals surface area contributed by atoms with E-state index in [1.807, 2.05) is 0 Å². The molecule has 0 bridgehead atoms. The Kier molecular flexibility index (Phi) is 7.44. The van der Waals surface area contributed by atoms with Gasteiger partial charge >= 0.3 is 0 Å². The van der Waals surface area contributed by atoms with Crippen LogP contribution in [0.25, 0.3) is 10.9 Å². The summed E-state index contributed by atoms with van der Waals surface area (Å²) in [6.45, 7) is 2.41. The molecule has 0 aliphatic rings. The maximum atomic E-state index is 14.4. The molecule has 10 heteroatoms. The Bertz CT molecular complexity index is 1130. The van der Waals surface area contributed by atoms with Crippen molar-refractivity contribution in [2.24, 2.45) is 5.73 Å². The van der Waals surface area contributed by atoms with E-state index in [4.69, 9.17) is 26.8 Å². The van der Waals surface area contributed by atoms with Gasteiger partial charge in [-0.1, -0.05) is 17.7 Å². The fourth-order valence-corrected chi connectivity index (χ4v) is 3.32. The number of benzene rings is 2. The number of nitrogens with zero attached hydrogens (tertiary/aromatic N) is 2. The van der Waals surface area contributed by atoms with Gasteiger partial charge in [0.05, 0.1) is 28.4 Å². The lowest BCUT2D eigenvalue weighted by Crippen LogP contribution is -2.53. The van der Waals surface area contributed by atoms with Crippen molar-refractivity contribution in [2.45, 2.75) is 18.9 Å². The number of carbonyl (C=O) groups excluding carboxylic acids is 1. The topological polar surface area (TPSA) is 111 Å². The predicted molar refractivity (Wildman–Crippen MR) is 122 cm³/mol. The maximum absolute atomic E-state index is 14.4. The fraction of sp³-hybridized carbons (Fsp3) is 0.318. The standard InChI is InChI=1S/C22H25ClFN5O3/c1-22(26-2,21(25)30)11-13-9-14-17(10-18(13)32-8-7-31-3)27-12-28-20(14)29-16-6-4-5-15(23)19(16)24/h4-6,9-10,12,26H,7-8,11H2,1-3H3,(H2,25,30)(H,27,28,29)/t22-/m0/s1. The lowest BCUT2D eigenvalue weighted by atomic mass is 9.91. The quantitative estimate of drug-likeness (QED) is 0.397. The molecule has 0 unspecified atom stereocenters. The van der Waals surface area contributed by atoms with Crippen molar-refractivity contribution in [1.82, 2.24) is 15.3 Å². The molecule has 32 heavy (non-hydrogen) atoms. The molecule has 0 aliphatic heterocycles. The number of aromatic nitrogens is 2. The Hall–Kier alpha value is -3.01. The second-order valence-electron chi connectivity index (χ2n) is 7.39. The first kappa shape index (κ1) is 23.6. The van der Waals surface area contributed by atoms with Gasteiger partial charge in [0.15, 0.2) is 5.82 Å². The molecule has 0 fully saturated rings. The van der Waals surface area contributed by atoms with E-state index < -0.39 is 17.3 Å². The Morgan fingerprint density at radius 3 is 2.75 bits per heavy atom. The first-order chi connectivity index (χ1) is 15.3. The van der Waals surface area contributed by atoms with Gasteiger partial charge < -0.3 is 25.8 Å². The molecule has 0 radical (unpaired) electrons. The summed E-state index contributed by atoms with van der Waals surface area (Å²) in [5.74, 6) is -0.175. The largest absolute Gasteiger partial charge is 0.491 e. The molecule has 4 N–H and O–H groups in total. The average Bonchev–Trinajstić information content (AvgIpc) is 2.77. The number of hydrogen-bond donors (Lipinski definition) is 3. The van der Waals surface area contributed by atoms with Crippen molar-refractivity contribution in [3.8, 4) is 5.75 Å². The van der Waals surface area contributed by atoms with Crippen LogP contribution in [0.3, 0.4) is 0 Å². The normalized spacial score (nSPS) is 13.0. The summed E-state index contributed by atoms with van der Waals surface area (Å²) in [7, 11) is 3.24. The molecular weight excluding hydrogens is 437 g/mol. The number of anilines is 2. The van der Waals surface area contributed by atoms with E-state index in [0.29, 0.717) is 41.2 Å². The summed E-state index contributed by atoms with van der Waals surface area (Å²) in [6.07, 6.45) is 1.61. The van der Waals surface area contributed by atoms with Gasteiger partial charge in [-0.05, 0) is 37.7 Å². The van der Waals surface area contributed by atoms with Gasteiger partial charge in [-0.2, -0.15) is 0 Å². The van der Waals surface area contributed by atoms with Gasteiger partial charge in [0.25, 0.3) is 0 Å². The Morgan fingerprint density at radius 1 is 1.28 bits per heavy atom. The number of primary amides is 1. The number of rotatable bonds is 10. The molecule has 1 amide bonds. The summed E-state index contributed by atoms with van der Waals surface area (Å²) < 4.78 is 25.4. The zero-order chi connectivity index (χ0) is 23.3. The minimum atomic E-state index is -1.02. The van der Waals surface area contributed by atoms with Crippen LogP contribution >= 0.6 is 11.6 Å². The lowest BCUT2D eigenvalue weighted by molar-refractivity contribution is -0.123. The Labute approximate surface area is 190 Å². The number of methoxy groups -OCH3 is 1. The molecule has 0 saturated heterocycles. The van der Waals surface area contributed by atoms with E-state index >= 15 is 0 Å². The number of carbonyl (C=O) groups is 1. The van der Waals surface area contributed by atoms with E-state index in [9.17, 15) is 9.18 Å². The van der Waals surface area contributed by atoms with Crippen molar-refractivity contribution < 1.29 is 18.7 Å². The van der Waals surface area contributed by atoms with E-state index in [1.165, 1.54) is 12.4 Å². The molecule has 0 spiro atoms. The monoisotopic (exact) mass is 461 g/mol. The van der Waals surface area contributed by atoms with Crippen molar-refractivity contribution in [2.75, 3.05) is 32.7 Å². The number of nitrogens with two attached hydrogens (primary N) is 1. The third kappa shape index (κ3) is 5.07. The molecule has 1 aromatic heterocycles. The number of fused-ring (bicyclic) bond motifs is 1. The molecule has 1 heterocycles. The zero-order valence-electron chi connectivity index (χ0n) is 18.0. The average molecular weight is 462 g/mol. The molecule has 0 saturated carbocycles. The van der Waals surface area contributed by atoms with Gasteiger partial charge in [0, 0.05) is 25.0 Å².